The second-order valence-electron chi connectivity index (χ2n) is 2.75. The van der Waals surface area contributed by atoms with E-state index >= 15 is 0 Å². The fourth-order valence-electron chi connectivity index (χ4n) is 1.32. The first-order valence-corrected chi connectivity index (χ1v) is 5.33. The Labute approximate surface area is 93.6 Å². The van der Waals surface area contributed by atoms with E-state index in [1.807, 2.05) is 35.1 Å². The molecular weight excluding hydrogens is 277 g/mol. The fraction of sp³-hybridized carbons (Fsp3) is 0.400. The molecule has 0 aromatic heterocycles. The van der Waals surface area contributed by atoms with Gasteiger partial charge in [-0.3, -0.25) is 0 Å². The first-order valence-electron chi connectivity index (χ1n) is 4.45. The molecule has 0 bridgehead atoms. The maximum atomic E-state index is 5.14. The zero-order chi connectivity index (χ0) is 9.68. The molecule has 0 aliphatic rings. The summed E-state index contributed by atoms with van der Waals surface area (Å²) in [5.74, 6) is 0.907. The summed E-state index contributed by atoms with van der Waals surface area (Å²) < 4.78 is 5.14. The van der Waals surface area contributed by atoms with Gasteiger partial charge in [0.05, 0.1) is 0 Å². The van der Waals surface area contributed by atoms with Gasteiger partial charge in [-0.25, -0.2) is 0 Å². The Kier molecular flexibility index (Phi) is 4.35. The molecule has 1 aromatic rings. The number of rotatable bonds is 4. The van der Waals surface area contributed by atoms with E-state index in [1.54, 1.807) is 0 Å². The van der Waals surface area contributed by atoms with Crippen LogP contribution in [0.15, 0.2) is 24.3 Å². The van der Waals surface area contributed by atoms with Gasteiger partial charge in [-0.05, 0) is 26.0 Å². The molecule has 0 heterocycles. The molecule has 0 saturated heterocycles. The van der Waals surface area contributed by atoms with Crippen LogP contribution in [0.1, 0.15) is 13.8 Å². The minimum Gasteiger partial charge on any atom is -0.428 e. The summed E-state index contributed by atoms with van der Waals surface area (Å²) in [6, 6.07) is 8.13. The number of halogens is 1. The van der Waals surface area contributed by atoms with Crippen LogP contribution in [0.2, 0.25) is 0 Å². The molecule has 0 spiro atoms. The summed E-state index contributed by atoms with van der Waals surface area (Å²) in [6.45, 7) is 6.37. The third-order valence-corrected chi connectivity index (χ3v) is 2.54. The van der Waals surface area contributed by atoms with Crippen molar-refractivity contribution in [1.82, 2.24) is 0 Å². The van der Waals surface area contributed by atoms with Gasteiger partial charge in [0.15, 0.2) is 23.0 Å². The second-order valence-corrected chi connectivity index (χ2v) is 3.19. The van der Waals surface area contributed by atoms with E-state index in [4.69, 9.17) is 3.07 Å². The zero-order valence-corrected chi connectivity index (χ0v) is 10.1. The van der Waals surface area contributed by atoms with Crippen molar-refractivity contribution in [2.24, 2.45) is 0 Å². The van der Waals surface area contributed by atoms with Crippen molar-refractivity contribution >= 4 is 28.7 Å². The van der Waals surface area contributed by atoms with Crippen molar-refractivity contribution in [2.45, 2.75) is 13.8 Å². The van der Waals surface area contributed by atoms with Gasteiger partial charge >= 0.3 is 0 Å². The van der Waals surface area contributed by atoms with Crippen LogP contribution in [0, 0.1) is 0 Å². The minimum absolute atomic E-state index is 0.907. The smallest absolute Gasteiger partial charge is 0.192 e. The molecule has 0 unspecified atom stereocenters. The van der Waals surface area contributed by atoms with Crippen LogP contribution in [0.3, 0.4) is 0 Å². The van der Waals surface area contributed by atoms with E-state index < -0.39 is 0 Å². The third-order valence-electron chi connectivity index (χ3n) is 2.04. The van der Waals surface area contributed by atoms with Crippen LogP contribution in [0.25, 0.3) is 0 Å². The monoisotopic (exact) mass is 291 g/mol. The van der Waals surface area contributed by atoms with Gasteiger partial charge in [0.25, 0.3) is 0 Å². The summed E-state index contributed by atoms with van der Waals surface area (Å²) in [4.78, 5) is 2.29. The van der Waals surface area contributed by atoms with Crippen molar-refractivity contribution in [3.8, 4) is 5.75 Å². The van der Waals surface area contributed by atoms with Gasteiger partial charge in [0, 0.05) is 24.8 Å². The lowest BCUT2D eigenvalue weighted by molar-refractivity contribution is 0.715. The lowest BCUT2D eigenvalue weighted by atomic mass is 10.2. The van der Waals surface area contributed by atoms with E-state index in [9.17, 15) is 0 Å². The molecule has 0 N–H and O–H groups in total. The highest BCUT2D eigenvalue weighted by molar-refractivity contribution is 14.1. The Bertz CT molecular complexity index is 261. The number of anilines is 1. The van der Waals surface area contributed by atoms with Crippen LogP contribution in [0.5, 0.6) is 5.75 Å². The minimum atomic E-state index is 0.907. The third kappa shape index (κ3) is 2.76. The standard InChI is InChI=1S/C10H14INO/c1-3-12(4-2)9-6-5-7-10(8-9)13-11/h5-8H,3-4H2,1-2H3. The molecule has 13 heavy (non-hydrogen) atoms. The predicted octanol–water partition coefficient (Wildman–Crippen LogP) is 3.26. The highest BCUT2D eigenvalue weighted by atomic mass is 127. The maximum absolute atomic E-state index is 5.14. The molecule has 0 radical (unpaired) electrons. The largest absolute Gasteiger partial charge is 0.428 e. The predicted molar refractivity (Wildman–Crippen MR) is 64.7 cm³/mol. The first-order chi connectivity index (χ1) is 6.31. The summed E-state index contributed by atoms with van der Waals surface area (Å²) in [5, 5.41) is 0. The first kappa shape index (κ1) is 10.6. The van der Waals surface area contributed by atoms with Gasteiger partial charge in [-0.2, -0.15) is 0 Å². The lowest BCUT2D eigenvalue weighted by Crippen LogP contribution is -2.21. The van der Waals surface area contributed by atoms with Crippen molar-refractivity contribution in [2.75, 3.05) is 18.0 Å². The average Bonchev–Trinajstić information content (AvgIpc) is 2.20. The molecular formula is C10H14INO. The van der Waals surface area contributed by atoms with Gasteiger partial charge in [-0.1, -0.05) is 6.07 Å². The van der Waals surface area contributed by atoms with Crippen LogP contribution >= 0.6 is 23.0 Å². The SMILES string of the molecule is CCN(CC)c1cccc(OI)c1. The van der Waals surface area contributed by atoms with Gasteiger partial charge in [-0.15, -0.1) is 0 Å². The molecule has 0 fully saturated rings. The van der Waals surface area contributed by atoms with Crippen LogP contribution in [-0.2, 0) is 0 Å². The maximum Gasteiger partial charge on any atom is 0.192 e. The quantitative estimate of drug-likeness (QED) is 0.789. The normalized spacial score (nSPS) is 9.77. The molecule has 1 rings (SSSR count). The van der Waals surface area contributed by atoms with Crippen molar-refractivity contribution < 1.29 is 3.07 Å². The molecule has 1 aromatic carbocycles. The van der Waals surface area contributed by atoms with E-state index in [0.717, 1.165) is 18.8 Å². The number of hydrogen-bond acceptors (Lipinski definition) is 2. The Balaban J connectivity index is 2.86. The zero-order valence-electron chi connectivity index (χ0n) is 7.96. The molecule has 0 aliphatic carbocycles. The molecule has 0 saturated carbocycles. The number of benzene rings is 1. The van der Waals surface area contributed by atoms with Crippen molar-refractivity contribution in [1.29, 1.82) is 0 Å². The van der Waals surface area contributed by atoms with Crippen LogP contribution < -0.4 is 7.97 Å². The highest BCUT2D eigenvalue weighted by Gasteiger charge is 2.01. The van der Waals surface area contributed by atoms with E-state index in [1.165, 1.54) is 5.69 Å². The second kappa shape index (κ2) is 5.32. The van der Waals surface area contributed by atoms with E-state index in [0.29, 0.717) is 0 Å². The Morgan fingerprint density at radius 2 is 2.00 bits per heavy atom. The molecule has 72 valence electrons. The van der Waals surface area contributed by atoms with Gasteiger partial charge in [0.1, 0.15) is 5.75 Å². The Hall–Kier alpha value is -0.450. The topological polar surface area (TPSA) is 12.5 Å². The van der Waals surface area contributed by atoms with E-state index in [2.05, 4.69) is 30.9 Å². The molecule has 0 amide bonds. The lowest BCUT2D eigenvalue weighted by Gasteiger charge is -2.20. The molecule has 0 aliphatic heterocycles. The molecule has 2 nitrogen and oxygen atoms in total. The van der Waals surface area contributed by atoms with Crippen molar-refractivity contribution in [3.63, 3.8) is 0 Å². The van der Waals surface area contributed by atoms with E-state index in [-0.39, 0.29) is 0 Å². The summed E-state index contributed by atoms with van der Waals surface area (Å²) in [6.07, 6.45) is 0. The Morgan fingerprint density at radius 1 is 1.31 bits per heavy atom. The average molecular weight is 291 g/mol. The summed E-state index contributed by atoms with van der Waals surface area (Å²) in [5.41, 5.74) is 1.22. The summed E-state index contributed by atoms with van der Waals surface area (Å²) >= 11 is 1.90. The van der Waals surface area contributed by atoms with Gasteiger partial charge < -0.3 is 7.97 Å². The van der Waals surface area contributed by atoms with Crippen molar-refractivity contribution in [3.05, 3.63) is 24.3 Å². The number of nitrogens with zero attached hydrogens (tertiary/aromatic N) is 1. The fourth-order valence-corrected chi connectivity index (χ4v) is 1.59. The highest BCUT2D eigenvalue weighted by Crippen LogP contribution is 2.21. The Morgan fingerprint density at radius 3 is 2.54 bits per heavy atom. The number of hydrogen-bond donors (Lipinski definition) is 0. The van der Waals surface area contributed by atoms with Crippen LogP contribution in [-0.4, -0.2) is 13.1 Å². The molecule has 3 heteroatoms. The molecule has 0 atom stereocenters. The van der Waals surface area contributed by atoms with Crippen LogP contribution in [0.4, 0.5) is 5.69 Å². The summed E-state index contributed by atoms with van der Waals surface area (Å²) in [7, 11) is 0. The van der Waals surface area contributed by atoms with Gasteiger partial charge in [0.2, 0.25) is 0 Å².